The number of nitrogens with zero attached hydrogens (tertiary/aromatic N) is 1. The van der Waals surface area contributed by atoms with Crippen LogP contribution in [0.3, 0.4) is 0 Å². The van der Waals surface area contributed by atoms with Gasteiger partial charge in [0.1, 0.15) is 10.9 Å². The lowest BCUT2D eigenvalue weighted by Crippen LogP contribution is -2.14. The predicted molar refractivity (Wildman–Crippen MR) is 68.3 cm³/mol. The van der Waals surface area contributed by atoms with Crippen molar-refractivity contribution in [2.45, 2.75) is 43.4 Å². The number of aromatic nitrogens is 1. The lowest BCUT2D eigenvalue weighted by Gasteiger charge is -2.11. The minimum Gasteiger partial charge on any atom is -0.384 e. The number of hydrogen-bond acceptors (Lipinski definition) is 3. The summed E-state index contributed by atoms with van der Waals surface area (Å²) in [7, 11) is 0. The third-order valence-electron chi connectivity index (χ3n) is 2.65. The Morgan fingerprint density at radius 2 is 2.25 bits per heavy atom. The summed E-state index contributed by atoms with van der Waals surface area (Å²) < 4.78 is 0. The fourth-order valence-corrected chi connectivity index (χ4v) is 2.86. The van der Waals surface area contributed by atoms with Crippen LogP contribution in [-0.2, 0) is 12.8 Å². The Morgan fingerprint density at radius 3 is 2.88 bits per heavy atom. The summed E-state index contributed by atoms with van der Waals surface area (Å²) in [4.78, 5) is 4.66. The van der Waals surface area contributed by atoms with Gasteiger partial charge in [-0.05, 0) is 30.9 Å². The SMILES string of the molecule is CC(C)Sc1nc2c(cc1C(=N)N)CCC2. The molecule has 1 heterocycles. The van der Waals surface area contributed by atoms with Gasteiger partial charge in [-0.2, -0.15) is 0 Å². The summed E-state index contributed by atoms with van der Waals surface area (Å²) in [6.07, 6.45) is 3.32. The number of nitrogens with two attached hydrogens (primary N) is 1. The normalized spacial score (nSPS) is 14.2. The van der Waals surface area contributed by atoms with E-state index in [-0.39, 0.29) is 5.84 Å². The molecule has 0 saturated heterocycles. The van der Waals surface area contributed by atoms with E-state index in [4.69, 9.17) is 11.1 Å². The zero-order chi connectivity index (χ0) is 11.7. The Balaban J connectivity index is 2.44. The van der Waals surface area contributed by atoms with E-state index in [1.54, 1.807) is 11.8 Å². The first-order chi connectivity index (χ1) is 7.58. The molecular formula is C12H17N3S. The average Bonchev–Trinajstić information content (AvgIpc) is 2.62. The van der Waals surface area contributed by atoms with Gasteiger partial charge in [0.15, 0.2) is 0 Å². The van der Waals surface area contributed by atoms with E-state index in [9.17, 15) is 0 Å². The van der Waals surface area contributed by atoms with Crippen LogP contribution in [-0.4, -0.2) is 16.1 Å². The summed E-state index contributed by atoms with van der Waals surface area (Å²) in [6, 6.07) is 2.06. The van der Waals surface area contributed by atoms with Gasteiger partial charge in [0.25, 0.3) is 0 Å². The van der Waals surface area contributed by atoms with Crippen LogP contribution < -0.4 is 5.73 Å². The van der Waals surface area contributed by atoms with Crippen LogP contribution in [0.1, 0.15) is 37.1 Å². The van der Waals surface area contributed by atoms with Crippen molar-refractivity contribution in [1.29, 1.82) is 5.41 Å². The highest BCUT2D eigenvalue weighted by molar-refractivity contribution is 7.99. The monoisotopic (exact) mass is 235 g/mol. The van der Waals surface area contributed by atoms with Crippen molar-refractivity contribution >= 4 is 17.6 Å². The molecule has 0 fully saturated rings. The second-order valence-corrected chi connectivity index (χ2v) is 5.95. The van der Waals surface area contributed by atoms with Gasteiger partial charge in [0.05, 0.1) is 0 Å². The fraction of sp³-hybridized carbons (Fsp3) is 0.500. The number of pyridine rings is 1. The second-order valence-electron chi connectivity index (χ2n) is 4.38. The molecule has 0 bridgehead atoms. The first-order valence-electron chi connectivity index (χ1n) is 5.61. The van der Waals surface area contributed by atoms with Gasteiger partial charge in [0.2, 0.25) is 0 Å². The van der Waals surface area contributed by atoms with E-state index >= 15 is 0 Å². The van der Waals surface area contributed by atoms with Crippen LogP contribution in [0.4, 0.5) is 0 Å². The summed E-state index contributed by atoms with van der Waals surface area (Å²) in [5.74, 6) is 0.130. The number of thioether (sulfide) groups is 1. The van der Waals surface area contributed by atoms with Crippen molar-refractivity contribution in [3.8, 4) is 0 Å². The molecule has 0 atom stereocenters. The Labute approximate surface area is 100 Å². The van der Waals surface area contributed by atoms with E-state index in [0.717, 1.165) is 23.4 Å². The van der Waals surface area contributed by atoms with Crippen molar-refractivity contribution in [3.63, 3.8) is 0 Å². The lowest BCUT2D eigenvalue weighted by atomic mass is 10.1. The summed E-state index contributed by atoms with van der Waals surface area (Å²) in [5.41, 5.74) is 8.90. The first-order valence-corrected chi connectivity index (χ1v) is 6.49. The van der Waals surface area contributed by atoms with E-state index < -0.39 is 0 Å². The van der Waals surface area contributed by atoms with Crippen molar-refractivity contribution in [3.05, 3.63) is 22.9 Å². The largest absolute Gasteiger partial charge is 0.384 e. The quantitative estimate of drug-likeness (QED) is 0.480. The minimum atomic E-state index is 0.130. The second kappa shape index (κ2) is 4.45. The number of nitrogens with one attached hydrogen (secondary N) is 1. The molecule has 0 aromatic carbocycles. The number of rotatable bonds is 3. The predicted octanol–water partition coefficient (Wildman–Crippen LogP) is 2.35. The topological polar surface area (TPSA) is 62.8 Å². The number of aryl methyl sites for hydroxylation is 2. The molecule has 1 aliphatic rings. The minimum absolute atomic E-state index is 0.130. The van der Waals surface area contributed by atoms with Crippen molar-refractivity contribution in [2.75, 3.05) is 0 Å². The smallest absolute Gasteiger partial charge is 0.125 e. The zero-order valence-electron chi connectivity index (χ0n) is 9.71. The lowest BCUT2D eigenvalue weighted by molar-refractivity contribution is 0.890. The molecule has 0 spiro atoms. The molecule has 0 amide bonds. The Hall–Kier alpha value is -1.03. The zero-order valence-corrected chi connectivity index (χ0v) is 10.5. The van der Waals surface area contributed by atoms with E-state index in [0.29, 0.717) is 5.25 Å². The maximum atomic E-state index is 7.61. The highest BCUT2D eigenvalue weighted by atomic mass is 32.2. The average molecular weight is 235 g/mol. The summed E-state index contributed by atoms with van der Waals surface area (Å²) in [5, 5.41) is 8.99. The third kappa shape index (κ3) is 2.21. The molecule has 1 aromatic rings. The maximum Gasteiger partial charge on any atom is 0.125 e. The summed E-state index contributed by atoms with van der Waals surface area (Å²) in [6.45, 7) is 4.26. The Bertz CT molecular complexity index is 427. The molecule has 4 heteroatoms. The Kier molecular flexibility index (Phi) is 3.19. The van der Waals surface area contributed by atoms with Gasteiger partial charge < -0.3 is 5.73 Å². The molecule has 1 aliphatic carbocycles. The molecule has 0 radical (unpaired) electrons. The van der Waals surface area contributed by atoms with Crippen LogP contribution >= 0.6 is 11.8 Å². The molecule has 3 nitrogen and oxygen atoms in total. The van der Waals surface area contributed by atoms with Crippen LogP contribution in [0.15, 0.2) is 11.1 Å². The number of hydrogen-bond donors (Lipinski definition) is 2. The Morgan fingerprint density at radius 1 is 1.50 bits per heavy atom. The fourth-order valence-electron chi connectivity index (χ4n) is 1.96. The number of nitrogen functional groups attached to an aromatic ring is 1. The van der Waals surface area contributed by atoms with E-state index in [1.807, 2.05) is 0 Å². The van der Waals surface area contributed by atoms with Crippen LogP contribution in [0, 0.1) is 5.41 Å². The molecule has 2 rings (SSSR count). The van der Waals surface area contributed by atoms with Gasteiger partial charge in [-0.3, -0.25) is 5.41 Å². The molecule has 3 N–H and O–H groups in total. The van der Waals surface area contributed by atoms with Gasteiger partial charge >= 0.3 is 0 Å². The first kappa shape index (κ1) is 11.5. The summed E-state index contributed by atoms with van der Waals surface area (Å²) >= 11 is 1.69. The number of fused-ring (bicyclic) bond motifs is 1. The van der Waals surface area contributed by atoms with Crippen molar-refractivity contribution < 1.29 is 0 Å². The standard InChI is InChI=1S/C12H17N3S/c1-7(2)16-12-9(11(13)14)6-8-4-3-5-10(8)15-12/h6-7H,3-5H2,1-2H3,(H3,13,14). The van der Waals surface area contributed by atoms with Gasteiger partial charge in [-0.1, -0.05) is 13.8 Å². The molecule has 0 aliphatic heterocycles. The molecular weight excluding hydrogens is 218 g/mol. The van der Waals surface area contributed by atoms with Crippen LogP contribution in [0.5, 0.6) is 0 Å². The highest BCUT2D eigenvalue weighted by Crippen LogP contribution is 2.29. The molecule has 86 valence electrons. The molecule has 0 saturated carbocycles. The molecule has 0 unspecified atom stereocenters. The molecule has 1 aromatic heterocycles. The van der Waals surface area contributed by atoms with Crippen molar-refractivity contribution in [1.82, 2.24) is 4.98 Å². The number of amidine groups is 1. The van der Waals surface area contributed by atoms with E-state index in [2.05, 4.69) is 24.9 Å². The van der Waals surface area contributed by atoms with Crippen molar-refractivity contribution in [2.24, 2.45) is 5.73 Å². The molecule has 16 heavy (non-hydrogen) atoms. The third-order valence-corrected chi connectivity index (χ3v) is 3.66. The van der Waals surface area contributed by atoms with Gasteiger partial charge in [-0.15, -0.1) is 11.8 Å². The van der Waals surface area contributed by atoms with Gasteiger partial charge in [0, 0.05) is 16.5 Å². The van der Waals surface area contributed by atoms with Gasteiger partial charge in [-0.25, -0.2) is 4.98 Å². The van der Waals surface area contributed by atoms with Crippen LogP contribution in [0.25, 0.3) is 0 Å². The maximum absolute atomic E-state index is 7.61. The van der Waals surface area contributed by atoms with E-state index in [1.165, 1.54) is 17.7 Å². The van der Waals surface area contributed by atoms with Crippen LogP contribution in [0.2, 0.25) is 0 Å². The highest BCUT2D eigenvalue weighted by Gasteiger charge is 2.18.